The normalized spacial score (nSPS) is 10.2. The Balaban J connectivity index is 2.32. The molecule has 0 saturated carbocycles. The molecule has 0 bridgehead atoms. The third kappa shape index (κ3) is 3.47. The summed E-state index contributed by atoms with van der Waals surface area (Å²) in [6, 6.07) is 10.8. The average Bonchev–Trinajstić information content (AvgIpc) is 2.44. The van der Waals surface area contributed by atoms with E-state index < -0.39 is 5.97 Å². The Hall–Kier alpha value is -2.20. The van der Waals surface area contributed by atoms with Crippen LogP contribution in [0.4, 0.5) is 17.1 Å². The molecule has 4 nitrogen and oxygen atoms in total. The van der Waals surface area contributed by atoms with Gasteiger partial charge in [-0.25, -0.2) is 4.79 Å². The molecule has 2 aromatic rings. The molecular formula is C16H17ClN2O2. The molecule has 5 heteroatoms. The van der Waals surface area contributed by atoms with E-state index in [2.05, 4.69) is 5.32 Å². The van der Waals surface area contributed by atoms with Gasteiger partial charge in [0.2, 0.25) is 0 Å². The summed E-state index contributed by atoms with van der Waals surface area (Å²) in [4.78, 5) is 11.8. The molecule has 0 aliphatic carbocycles. The van der Waals surface area contributed by atoms with Gasteiger partial charge < -0.3 is 15.8 Å². The van der Waals surface area contributed by atoms with Crippen molar-refractivity contribution >= 4 is 34.6 Å². The van der Waals surface area contributed by atoms with Crippen molar-refractivity contribution < 1.29 is 9.53 Å². The third-order valence-electron chi connectivity index (χ3n) is 3.00. The number of hydrogen-bond acceptors (Lipinski definition) is 4. The molecule has 0 aliphatic heterocycles. The van der Waals surface area contributed by atoms with Crippen LogP contribution in [0.15, 0.2) is 36.4 Å². The summed E-state index contributed by atoms with van der Waals surface area (Å²) in [7, 11) is 0. The van der Waals surface area contributed by atoms with Crippen LogP contribution in [0.1, 0.15) is 22.8 Å². The Bertz CT molecular complexity index is 671. The second-order valence-corrected chi connectivity index (χ2v) is 5.00. The second kappa shape index (κ2) is 6.50. The van der Waals surface area contributed by atoms with Crippen molar-refractivity contribution in [1.29, 1.82) is 0 Å². The van der Waals surface area contributed by atoms with Gasteiger partial charge in [-0.05, 0) is 43.7 Å². The highest BCUT2D eigenvalue weighted by Crippen LogP contribution is 2.31. The van der Waals surface area contributed by atoms with Gasteiger partial charge in [-0.15, -0.1) is 0 Å². The highest BCUT2D eigenvalue weighted by atomic mass is 35.5. The topological polar surface area (TPSA) is 64.3 Å². The molecule has 3 N–H and O–H groups in total. The molecule has 0 saturated heterocycles. The van der Waals surface area contributed by atoms with Crippen molar-refractivity contribution in [3.63, 3.8) is 0 Å². The lowest BCUT2D eigenvalue weighted by atomic mass is 10.1. The van der Waals surface area contributed by atoms with Crippen LogP contribution < -0.4 is 11.1 Å². The fourth-order valence-corrected chi connectivity index (χ4v) is 2.21. The van der Waals surface area contributed by atoms with Gasteiger partial charge in [-0.2, -0.15) is 0 Å². The smallest absolute Gasteiger partial charge is 0.340 e. The van der Waals surface area contributed by atoms with Gasteiger partial charge in [-0.1, -0.05) is 23.7 Å². The first-order valence-electron chi connectivity index (χ1n) is 6.61. The summed E-state index contributed by atoms with van der Waals surface area (Å²) < 4.78 is 4.98. The number of nitrogen functional groups attached to an aromatic ring is 1. The van der Waals surface area contributed by atoms with E-state index in [1.165, 1.54) is 0 Å². The number of ether oxygens (including phenoxy) is 1. The largest absolute Gasteiger partial charge is 0.462 e. The van der Waals surface area contributed by atoms with Crippen LogP contribution in [0, 0.1) is 6.92 Å². The van der Waals surface area contributed by atoms with Crippen molar-refractivity contribution in [3.8, 4) is 0 Å². The van der Waals surface area contributed by atoms with E-state index >= 15 is 0 Å². The SMILES string of the molecule is CCOC(=O)c1cccc(Nc2ccc(C)cc2Cl)c1N. The number of halogens is 1. The minimum atomic E-state index is -0.436. The molecule has 0 amide bonds. The molecular weight excluding hydrogens is 288 g/mol. The predicted octanol–water partition coefficient (Wildman–Crippen LogP) is 4.15. The fraction of sp³-hybridized carbons (Fsp3) is 0.188. The number of nitrogens with two attached hydrogens (primary N) is 1. The van der Waals surface area contributed by atoms with Crippen LogP contribution in [0.25, 0.3) is 0 Å². The van der Waals surface area contributed by atoms with E-state index in [9.17, 15) is 4.79 Å². The Kier molecular flexibility index (Phi) is 4.70. The van der Waals surface area contributed by atoms with Gasteiger partial charge in [0.15, 0.2) is 0 Å². The van der Waals surface area contributed by atoms with E-state index in [0.717, 1.165) is 11.3 Å². The summed E-state index contributed by atoms with van der Waals surface area (Å²) in [5.41, 5.74) is 9.13. The second-order valence-electron chi connectivity index (χ2n) is 4.60. The highest BCUT2D eigenvalue weighted by Gasteiger charge is 2.14. The number of hydrogen-bond donors (Lipinski definition) is 2. The lowest BCUT2D eigenvalue weighted by Gasteiger charge is -2.13. The van der Waals surface area contributed by atoms with Crippen LogP contribution in [-0.2, 0) is 4.74 Å². The van der Waals surface area contributed by atoms with Crippen molar-refractivity contribution in [2.45, 2.75) is 13.8 Å². The number of carbonyl (C=O) groups excluding carboxylic acids is 1. The van der Waals surface area contributed by atoms with Crippen LogP contribution >= 0.6 is 11.6 Å². The first-order valence-corrected chi connectivity index (χ1v) is 6.99. The van der Waals surface area contributed by atoms with Gasteiger partial charge in [0.05, 0.1) is 34.3 Å². The van der Waals surface area contributed by atoms with E-state index in [0.29, 0.717) is 28.6 Å². The average molecular weight is 305 g/mol. The molecule has 0 aliphatic rings. The monoisotopic (exact) mass is 304 g/mol. The third-order valence-corrected chi connectivity index (χ3v) is 3.31. The van der Waals surface area contributed by atoms with Crippen LogP contribution in [-0.4, -0.2) is 12.6 Å². The Labute approximate surface area is 128 Å². The molecule has 0 aromatic heterocycles. The number of rotatable bonds is 4. The summed E-state index contributed by atoms with van der Waals surface area (Å²) in [5.74, 6) is -0.436. The number of aryl methyl sites for hydroxylation is 1. The molecule has 0 atom stereocenters. The molecule has 0 heterocycles. The molecule has 21 heavy (non-hydrogen) atoms. The maximum absolute atomic E-state index is 11.8. The molecule has 2 rings (SSSR count). The maximum Gasteiger partial charge on any atom is 0.340 e. The lowest BCUT2D eigenvalue weighted by Crippen LogP contribution is -2.09. The standard InChI is InChI=1S/C16H17ClN2O2/c1-3-21-16(20)11-5-4-6-14(15(11)18)19-13-8-7-10(2)9-12(13)17/h4-9,19H,3,18H2,1-2H3. The number of benzene rings is 2. The van der Waals surface area contributed by atoms with E-state index in [4.69, 9.17) is 22.1 Å². The zero-order chi connectivity index (χ0) is 15.4. The molecule has 0 radical (unpaired) electrons. The number of para-hydroxylation sites is 1. The van der Waals surface area contributed by atoms with E-state index in [1.54, 1.807) is 25.1 Å². The van der Waals surface area contributed by atoms with Crippen LogP contribution in [0.2, 0.25) is 5.02 Å². The van der Waals surface area contributed by atoms with Gasteiger partial charge in [0.25, 0.3) is 0 Å². The van der Waals surface area contributed by atoms with Gasteiger partial charge in [-0.3, -0.25) is 0 Å². The number of nitrogens with one attached hydrogen (secondary N) is 1. The number of carbonyl (C=O) groups is 1. The summed E-state index contributed by atoms with van der Waals surface area (Å²) >= 11 is 6.19. The predicted molar refractivity (Wildman–Crippen MR) is 86.3 cm³/mol. The fourth-order valence-electron chi connectivity index (χ4n) is 1.93. The molecule has 110 valence electrons. The summed E-state index contributed by atoms with van der Waals surface area (Å²) in [6.07, 6.45) is 0. The Morgan fingerprint density at radius 1 is 1.29 bits per heavy atom. The molecule has 0 unspecified atom stereocenters. The minimum absolute atomic E-state index is 0.305. The Morgan fingerprint density at radius 3 is 2.71 bits per heavy atom. The minimum Gasteiger partial charge on any atom is -0.462 e. The number of anilines is 3. The van der Waals surface area contributed by atoms with Crippen LogP contribution in [0.3, 0.4) is 0 Å². The van der Waals surface area contributed by atoms with Gasteiger partial charge >= 0.3 is 5.97 Å². The van der Waals surface area contributed by atoms with Gasteiger partial charge in [0, 0.05) is 0 Å². The Morgan fingerprint density at radius 2 is 2.05 bits per heavy atom. The zero-order valence-corrected chi connectivity index (χ0v) is 12.7. The van der Waals surface area contributed by atoms with Crippen molar-refractivity contribution in [2.24, 2.45) is 0 Å². The quantitative estimate of drug-likeness (QED) is 0.658. The van der Waals surface area contributed by atoms with E-state index in [-0.39, 0.29) is 0 Å². The maximum atomic E-state index is 11.8. The lowest BCUT2D eigenvalue weighted by molar-refractivity contribution is 0.0527. The molecule has 0 fully saturated rings. The molecule has 0 spiro atoms. The van der Waals surface area contributed by atoms with Crippen molar-refractivity contribution in [2.75, 3.05) is 17.7 Å². The zero-order valence-electron chi connectivity index (χ0n) is 11.9. The number of esters is 1. The summed E-state index contributed by atoms with van der Waals surface area (Å²) in [5, 5.41) is 3.73. The first-order chi connectivity index (χ1) is 10.0. The van der Waals surface area contributed by atoms with Crippen molar-refractivity contribution in [3.05, 3.63) is 52.5 Å². The first kappa shape index (κ1) is 15.2. The van der Waals surface area contributed by atoms with Crippen LogP contribution in [0.5, 0.6) is 0 Å². The van der Waals surface area contributed by atoms with Gasteiger partial charge in [0.1, 0.15) is 0 Å². The van der Waals surface area contributed by atoms with E-state index in [1.807, 2.05) is 25.1 Å². The van der Waals surface area contributed by atoms with Crippen molar-refractivity contribution in [1.82, 2.24) is 0 Å². The molecule has 2 aromatic carbocycles. The summed E-state index contributed by atoms with van der Waals surface area (Å²) in [6.45, 7) is 4.02. The highest BCUT2D eigenvalue weighted by molar-refractivity contribution is 6.33.